The number of hydrogen-bond donors (Lipinski definition) is 1. The van der Waals surface area contributed by atoms with Crippen LogP contribution in [0.3, 0.4) is 0 Å². The molecule has 0 saturated heterocycles. The molecule has 1 heterocycles. The van der Waals surface area contributed by atoms with E-state index in [2.05, 4.69) is 212 Å². The van der Waals surface area contributed by atoms with Gasteiger partial charge in [-0.1, -0.05) is 195 Å². The molecule has 11 rings (SSSR count). The highest BCUT2D eigenvalue weighted by molar-refractivity contribution is 6.29. The molecular weight excluding hydrogens is 701 g/mol. The number of fused-ring (bicyclic) bond motifs is 9. The Morgan fingerprint density at radius 1 is 0.466 bits per heavy atom. The average molecular weight is 743 g/mol. The maximum absolute atomic E-state index is 5.34. The number of nitrogens with one attached hydrogen (secondary N) is 1. The molecule has 1 aliphatic carbocycles. The van der Waals surface area contributed by atoms with Crippen molar-refractivity contribution in [2.45, 2.75) is 31.3 Å². The summed E-state index contributed by atoms with van der Waals surface area (Å²) in [6.07, 6.45) is 3.02. The summed E-state index contributed by atoms with van der Waals surface area (Å²) in [5.41, 5.74) is 14.9. The van der Waals surface area contributed by atoms with Gasteiger partial charge in [0.15, 0.2) is 0 Å². The molecular formula is C56H42N2. The van der Waals surface area contributed by atoms with Crippen LogP contribution in [0.25, 0.3) is 60.3 Å². The third-order valence-electron chi connectivity index (χ3n) is 12.6. The van der Waals surface area contributed by atoms with Crippen molar-refractivity contribution in [1.29, 1.82) is 0 Å². The summed E-state index contributed by atoms with van der Waals surface area (Å²) in [4.78, 5) is 5.34. The monoisotopic (exact) mass is 742 g/mol. The molecule has 0 amide bonds. The van der Waals surface area contributed by atoms with Gasteiger partial charge in [0.2, 0.25) is 0 Å². The number of benzene rings is 9. The van der Waals surface area contributed by atoms with Gasteiger partial charge in [0, 0.05) is 11.3 Å². The molecule has 276 valence electrons. The van der Waals surface area contributed by atoms with E-state index in [0.717, 1.165) is 34.5 Å². The highest BCUT2D eigenvalue weighted by atomic mass is 15.1. The summed E-state index contributed by atoms with van der Waals surface area (Å²) in [6.45, 7) is 2.42. The molecule has 0 spiro atoms. The summed E-state index contributed by atoms with van der Waals surface area (Å²) in [5, 5.41) is 11.3. The Morgan fingerprint density at radius 2 is 1.09 bits per heavy atom. The van der Waals surface area contributed by atoms with Gasteiger partial charge < -0.3 is 5.32 Å². The first-order chi connectivity index (χ1) is 28.7. The van der Waals surface area contributed by atoms with E-state index < -0.39 is 0 Å². The molecule has 1 N–H and O–H groups in total. The lowest BCUT2D eigenvalue weighted by atomic mass is 9.69. The zero-order valence-electron chi connectivity index (χ0n) is 32.4. The molecule has 0 saturated carbocycles. The molecule has 9 aromatic rings. The molecule has 0 radical (unpaired) electrons. The molecule has 2 nitrogen and oxygen atoms in total. The van der Waals surface area contributed by atoms with E-state index in [1.807, 2.05) is 0 Å². The van der Waals surface area contributed by atoms with Gasteiger partial charge in [-0.25, -0.2) is 0 Å². The van der Waals surface area contributed by atoms with Gasteiger partial charge >= 0.3 is 0 Å². The lowest BCUT2D eigenvalue weighted by Gasteiger charge is -2.34. The summed E-state index contributed by atoms with van der Waals surface area (Å²) in [5.74, 6) is 0.757. The second kappa shape index (κ2) is 14.2. The number of allylic oxidation sites excluding steroid dienone is 1. The van der Waals surface area contributed by atoms with E-state index in [1.165, 1.54) is 71.3 Å². The Kier molecular flexibility index (Phi) is 8.36. The van der Waals surface area contributed by atoms with Crippen LogP contribution in [0, 0.1) is 0 Å². The van der Waals surface area contributed by atoms with Crippen molar-refractivity contribution in [2.24, 2.45) is 4.99 Å². The van der Waals surface area contributed by atoms with Crippen molar-refractivity contribution in [3.63, 3.8) is 0 Å². The first kappa shape index (κ1) is 34.2. The minimum Gasteiger partial charge on any atom is -0.360 e. The maximum atomic E-state index is 5.34. The lowest BCUT2D eigenvalue weighted by Crippen LogP contribution is -2.24. The quantitative estimate of drug-likeness (QED) is 0.169. The van der Waals surface area contributed by atoms with Crippen molar-refractivity contribution in [2.75, 3.05) is 0 Å². The van der Waals surface area contributed by atoms with E-state index in [4.69, 9.17) is 4.99 Å². The average Bonchev–Trinajstić information content (AvgIpc) is 3.30. The fourth-order valence-electron chi connectivity index (χ4n) is 9.74. The van der Waals surface area contributed by atoms with Gasteiger partial charge in [-0.15, -0.1) is 0 Å². The summed E-state index contributed by atoms with van der Waals surface area (Å²) in [7, 11) is 0. The van der Waals surface area contributed by atoms with Crippen LogP contribution in [-0.2, 0) is 6.42 Å². The zero-order valence-corrected chi connectivity index (χ0v) is 32.4. The predicted octanol–water partition coefficient (Wildman–Crippen LogP) is 14.1. The van der Waals surface area contributed by atoms with E-state index >= 15 is 0 Å². The summed E-state index contributed by atoms with van der Waals surface area (Å²) in [6, 6.07) is 71.2. The van der Waals surface area contributed by atoms with Crippen LogP contribution in [0.4, 0.5) is 0 Å². The van der Waals surface area contributed by atoms with Crippen molar-refractivity contribution in [3.05, 3.63) is 234 Å². The second-order valence-electron chi connectivity index (χ2n) is 15.9. The normalized spacial score (nSPS) is 17.3. The molecule has 2 aliphatic rings. The van der Waals surface area contributed by atoms with Gasteiger partial charge in [0.05, 0.1) is 5.71 Å². The summed E-state index contributed by atoms with van der Waals surface area (Å²) >= 11 is 0. The number of nitrogens with zero attached hydrogens (tertiary/aromatic N) is 1. The third-order valence-corrected chi connectivity index (χ3v) is 12.6. The molecule has 0 bridgehead atoms. The van der Waals surface area contributed by atoms with Crippen LogP contribution < -0.4 is 5.32 Å². The molecule has 0 fully saturated rings. The van der Waals surface area contributed by atoms with Crippen LogP contribution in [0.2, 0.25) is 0 Å². The first-order valence-corrected chi connectivity index (χ1v) is 20.5. The smallest absolute Gasteiger partial charge is 0.145 e. The van der Waals surface area contributed by atoms with E-state index in [9.17, 15) is 0 Å². The topological polar surface area (TPSA) is 24.4 Å². The highest BCUT2D eigenvalue weighted by Crippen LogP contribution is 2.50. The van der Waals surface area contributed by atoms with Gasteiger partial charge in [0.1, 0.15) is 6.17 Å². The zero-order chi connectivity index (χ0) is 38.6. The predicted molar refractivity (Wildman–Crippen MR) is 244 cm³/mol. The van der Waals surface area contributed by atoms with Crippen LogP contribution in [-0.4, -0.2) is 5.71 Å². The van der Waals surface area contributed by atoms with E-state index in [1.54, 1.807) is 0 Å². The molecule has 9 aromatic carbocycles. The van der Waals surface area contributed by atoms with Gasteiger partial charge in [-0.2, -0.15) is 0 Å². The van der Waals surface area contributed by atoms with Crippen LogP contribution in [0.15, 0.2) is 205 Å². The summed E-state index contributed by atoms with van der Waals surface area (Å²) < 4.78 is 0. The minimum absolute atomic E-state index is 0.198. The SMILES string of the molecule is CC1c2ccccc2-c2ccc(-c3cccc4c5ccccc5c5cc(C6=NC(c7ccccc7)NC(c7ccccc7)=C6)ccc5c34)cc2C1Cc1ccccc1. The Balaban J connectivity index is 1.10. The Hall–Kier alpha value is -7.03. The van der Waals surface area contributed by atoms with Gasteiger partial charge in [-0.05, 0) is 113 Å². The van der Waals surface area contributed by atoms with Crippen molar-refractivity contribution >= 4 is 43.7 Å². The van der Waals surface area contributed by atoms with Crippen LogP contribution in [0.5, 0.6) is 0 Å². The molecule has 2 heteroatoms. The third kappa shape index (κ3) is 5.83. The highest BCUT2D eigenvalue weighted by Gasteiger charge is 2.31. The Morgan fingerprint density at radius 3 is 1.90 bits per heavy atom. The molecule has 1 aliphatic heterocycles. The largest absolute Gasteiger partial charge is 0.360 e. The minimum atomic E-state index is -0.198. The number of hydrogen-bond acceptors (Lipinski definition) is 2. The van der Waals surface area contributed by atoms with Crippen LogP contribution >= 0.6 is 0 Å². The lowest BCUT2D eigenvalue weighted by molar-refractivity contribution is 0.566. The van der Waals surface area contributed by atoms with E-state index in [0.29, 0.717) is 11.8 Å². The fraction of sp³-hybridized carbons (Fsp3) is 0.0893. The van der Waals surface area contributed by atoms with Crippen molar-refractivity contribution in [3.8, 4) is 22.3 Å². The van der Waals surface area contributed by atoms with Gasteiger partial charge in [0.25, 0.3) is 0 Å². The Bertz CT molecular complexity index is 3070. The number of aliphatic imine (C=N–C) groups is 1. The van der Waals surface area contributed by atoms with Gasteiger partial charge in [-0.3, -0.25) is 4.99 Å². The maximum Gasteiger partial charge on any atom is 0.145 e. The second-order valence-corrected chi connectivity index (χ2v) is 15.9. The fourth-order valence-corrected chi connectivity index (χ4v) is 9.74. The van der Waals surface area contributed by atoms with E-state index in [-0.39, 0.29) is 6.17 Å². The molecule has 0 aromatic heterocycles. The molecule has 58 heavy (non-hydrogen) atoms. The van der Waals surface area contributed by atoms with Crippen molar-refractivity contribution in [1.82, 2.24) is 5.32 Å². The number of rotatable bonds is 6. The molecule has 3 unspecified atom stereocenters. The first-order valence-electron chi connectivity index (χ1n) is 20.5. The van der Waals surface area contributed by atoms with Crippen LogP contribution in [0.1, 0.15) is 58.3 Å². The Labute approximate surface area is 339 Å². The molecule has 3 atom stereocenters. The standard InChI is InChI=1S/C56H42N2/c1-36-42-22-11-12-23-44(42)47-30-28-40(33-52(47)50(36)32-37-16-5-2-6-17-37)43-26-15-27-48-45-24-13-14-25-46(45)51-34-41(29-31-49(51)55(43)48)54-35-53(38-18-7-3-8-19-38)57-56(58-54)39-20-9-4-10-21-39/h2-31,33-36,50,56-57H,32H2,1H3. The van der Waals surface area contributed by atoms with Crippen molar-refractivity contribution < 1.29 is 0 Å².